The van der Waals surface area contributed by atoms with Gasteiger partial charge < -0.3 is 14.2 Å². The summed E-state index contributed by atoms with van der Waals surface area (Å²) in [4.78, 5) is 38.1. The van der Waals surface area contributed by atoms with Crippen molar-refractivity contribution in [3.8, 4) is 0 Å². The van der Waals surface area contributed by atoms with Crippen LogP contribution in [0.25, 0.3) is 0 Å². The molecule has 68 heavy (non-hydrogen) atoms. The summed E-state index contributed by atoms with van der Waals surface area (Å²) in [6.07, 6.45) is 75.0. The zero-order chi connectivity index (χ0) is 49.3. The zero-order valence-corrected chi connectivity index (χ0v) is 44.1. The number of allylic oxidation sites excluding steroid dienone is 18. The topological polar surface area (TPSA) is 78.9 Å². The molecular weight excluding hydrogens is 841 g/mol. The molecule has 0 aliphatic carbocycles. The van der Waals surface area contributed by atoms with Crippen LogP contribution >= 0.6 is 0 Å². The predicted octanol–water partition coefficient (Wildman–Crippen LogP) is 18.7. The van der Waals surface area contributed by atoms with Crippen molar-refractivity contribution in [1.82, 2.24) is 0 Å². The summed E-state index contributed by atoms with van der Waals surface area (Å²) in [6, 6.07) is 0. The van der Waals surface area contributed by atoms with Gasteiger partial charge in [-0.2, -0.15) is 0 Å². The normalized spacial score (nSPS) is 12.9. The van der Waals surface area contributed by atoms with Crippen LogP contribution in [0.2, 0.25) is 0 Å². The van der Waals surface area contributed by atoms with E-state index in [1.807, 2.05) is 60.8 Å². The van der Waals surface area contributed by atoms with Crippen molar-refractivity contribution < 1.29 is 28.6 Å². The van der Waals surface area contributed by atoms with Crippen molar-refractivity contribution in [2.45, 2.75) is 252 Å². The third kappa shape index (κ3) is 53.0. The first-order valence-corrected chi connectivity index (χ1v) is 28.0. The highest BCUT2D eigenvalue weighted by Crippen LogP contribution is 2.16. The fourth-order valence-corrected chi connectivity index (χ4v) is 7.54. The quantitative estimate of drug-likeness (QED) is 0.0262. The summed E-state index contributed by atoms with van der Waals surface area (Å²) in [5.74, 6) is -0.966. The lowest BCUT2D eigenvalue weighted by molar-refractivity contribution is -0.167. The summed E-state index contributed by atoms with van der Waals surface area (Å²) in [7, 11) is 0. The molecule has 0 aromatic carbocycles. The molecule has 0 saturated carbocycles. The van der Waals surface area contributed by atoms with E-state index in [1.54, 1.807) is 0 Å². The van der Waals surface area contributed by atoms with E-state index in [4.69, 9.17) is 14.2 Å². The van der Waals surface area contributed by atoms with Crippen molar-refractivity contribution in [2.75, 3.05) is 13.2 Å². The molecule has 0 bridgehead atoms. The molecule has 0 fully saturated rings. The van der Waals surface area contributed by atoms with Crippen molar-refractivity contribution in [3.05, 3.63) is 109 Å². The SMILES string of the molecule is CC/C=C/C=C/C=C/C=C/CCCCCC(=O)OCC(COC(=O)CCCCCCCCCCCCCCCCCCCCC)OC(=O)CCCCCCC/C=C/C=C/C=C/C=C/C=C/CCC. The number of hydrogen-bond acceptors (Lipinski definition) is 6. The minimum Gasteiger partial charge on any atom is -0.462 e. The lowest BCUT2D eigenvalue weighted by Gasteiger charge is -2.18. The first-order chi connectivity index (χ1) is 33.5. The Kier molecular flexibility index (Phi) is 52.4. The third-order valence-electron chi connectivity index (χ3n) is 11.7. The fourth-order valence-electron chi connectivity index (χ4n) is 7.54. The smallest absolute Gasteiger partial charge is 0.306 e. The van der Waals surface area contributed by atoms with E-state index in [0.29, 0.717) is 12.8 Å². The van der Waals surface area contributed by atoms with Crippen LogP contribution in [-0.4, -0.2) is 37.2 Å². The second-order valence-corrected chi connectivity index (χ2v) is 18.3. The van der Waals surface area contributed by atoms with Crippen LogP contribution in [0.1, 0.15) is 245 Å². The van der Waals surface area contributed by atoms with Gasteiger partial charge in [0.05, 0.1) is 0 Å². The van der Waals surface area contributed by atoms with Crippen molar-refractivity contribution in [2.24, 2.45) is 0 Å². The van der Waals surface area contributed by atoms with Crippen LogP contribution in [-0.2, 0) is 28.6 Å². The molecule has 0 aliphatic rings. The van der Waals surface area contributed by atoms with E-state index in [2.05, 4.69) is 69.4 Å². The van der Waals surface area contributed by atoms with Crippen LogP contribution in [0.3, 0.4) is 0 Å². The standard InChI is InChI=1S/C62H102O6/c1-4-7-10-13-16-19-22-25-27-29-31-33-34-37-40-43-46-49-52-55-61(64)67-58-59(57-66-60(63)54-51-48-45-42-39-36-24-21-18-15-12-9-6-3)68-62(65)56-53-50-47-44-41-38-35-32-30-28-26-23-20-17-14-11-8-5-2/h9,11-12,14-15,17-18,20-21,23-24,26,28,30,32,35-36,39,59H,4-8,10,13,16,19,22,25,27,29,31,33-34,37-38,40-58H2,1-3H3/b12-9+,14-11+,18-15+,20-17+,24-21+,26-23+,30-28+,35-32+,39-36+. The molecule has 0 amide bonds. The molecule has 0 N–H and O–H groups in total. The number of hydrogen-bond donors (Lipinski definition) is 0. The molecular formula is C62H102O6. The Morgan fingerprint density at radius 1 is 0.309 bits per heavy atom. The Hall–Kier alpha value is -3.93. The van der Waals surface area contributed by atoms with Gasteiger partial charge in [0.2, 0.25) is 0 Å². The molecule has 0 aromatic heterocycles. The molecule has 0 heterocycles. The monoisotopic (exact) mass is 943 g/mol. The van der Waals surface area contributed by atoms with Gasteiger partial charge in [0, 0.05) is 19.3 Å². The van der Waals surface area contributed by atoms with E-state index in [-0.39, 0.29) is 37.5 Å². The molecule has 0 spiro atoms. The molecule has 0 rings (SSSR count). The highest BCUT2D eigenvalue weighted by molar-refractivity contribution is 5.71. The average Bonchev–Trinajstić information content (AvgIpc) is 3.34. The third-order valence-corrected chi connectivity index (χ3v) is 11.7. The number of rotatable bonds is 49. The molecule has 0 radical (unpaired) electrons. The summed E-state index contributed by atoms with van der Waals surface area (Å²) in [5.41, 5.74) is 0. The summed E-state index contributed by atoms with van der Waals surface area (Å²) in [6.45, 7) is 6.36. The van der Waals surface area contributed by atoms with Crippen LogP contribution in [0.15, 0.2) is 109 Å². The highest BCUT2D eigenvalue weighted by atomic mass is 16.6. The van der Waals surface area contributed by atoms with Gasteiger partial charge in [-0.15, -0.1) is 0 Å². The van der Waals surface area contributed by atoms with Gasteiger partial charge in [0.1, 0.15) is 13.2 Å². The Bertz CT molecular complexity index is 1410. The minimum atomic E-state index is -0.809. The van der Waals surface area contributed by atoms with Crippen LogP contribution in [0, 0.1) is 0 Å². The summed E-state index contributed by atoms with van der Waals surface area (Å²) < 4.78 is 16.8. The molecule has 0 saturated heterocycles. The molecule has 1 unspecified atom stereocenters. The molecule has 0 aromatic rings. The molecule has 6 heteroatoms. The van der Waals surface area contributed by atoms with Gasteiger partial charge in [0.15, 0.2) is 6.10 Å². The fraction of sp³-hybridized carbons (Fsp3) is 0.661. The predicted molar refractivity (Wildman–Crippen MR) is 293 cm³/mol. The maximum absolute atomic E-state index is 12.8. The van der Waals surface area contributed by atoms with E-state index in [9.17, 15) is 14.4 Å². The van der Waals surface area contributed by atoms with Gasteiger partial charge in [-0.1, -0.05) is 278 Å². The largest absolute Gasteiger partial charge is 0.462 e. The first kappa shape index (κ1) is 64.1. The second kappa shape index (κ2) is 55.7. The van der Waals surface area contributed by atoms with E-state index in [0.717, 1.165) is 96.3 Å². The second-order valence-electron chi connectivity index (χ2n) is 18.3. The average molecular weight is 943 g/mol. The summed E-state index contributed by atoms with van der Waals surface area (Å²) >= 11 is 0. The van der Waals surface area contributed by atoms with Gasteiger partial charge in [0.25, 0.3) is 0 Å². The van der Waals surface area contributed by atoms with Crippen LogP contribution in [0.5, 0.6) is 0 Å². The van der Waals surface area contributed by atoms with Gasteiger partial charge >= 0.3 is 17.9 Å². The van der Waals surface area contributed by atoms with Crippen molar-refractivity contribution in [1.29, 1.82) is 0 Å². The minimum absolute atomic E-state index is 0.101. The van der Waals surface area contributed by atoms with Crippen molar-refractivity contribution in [3.63, 3.8) is 0 Å². The maximum atomic E-state index is 12.8. The van der Waals surface area contributed by atoms with E-state index >= 15 is 0 Å². The number of ether oxygens (including phenoxy) is 3. The van der Waals surface area contributed by atoms with Crippen LogP contribution in [0.4, 0.5) is 0 Å². The molecule has 386 valence electrons. The number of carbonyl (C=O) groups excluding carboxylic acids is 3. The van der Waals surface area contributed by atoms with Gasteiger partial charge in [-0.05, 0) is 57.8 Å². The van der Waals surface area contributed by atoms with Crippen LogP contribution < -0.4 is 0 Å². The summed E-state index contributed by atoms with van der Waals surface area (Å²) in [5, 5.41) is 0. The van der Waals surface area contributed by atoms with Gasteiger partial charge in [-0.3, -0.25) is 14.4 Å². The van der Waals surface area contributed by atoms with Crippen molar-refractivity contribution >= 4 is 17.9 Å². The van der Waals surface area contributed by atoms with E-state index < -0.39 is 6.10 Å². The first-order valence-electron chi connectivity index (χ1n) is 28.0. The molecule has 0 aliphatic heterocycles. The Balaban J connectivity index is 4.46. The zero-order valence-electron chi connectivity index (χ0n) is 44.1. The Morgan fingerprint density at radius 2 is 0.603 bits per heavy atom. The number of unbranched alkanes of at least 4 members (excludes halogenated alkanes) is 27. The van der Waals surface area contributed by atoms with E-state index in [1.165, 1.54) is 109 Å². The molecule has 1 atom stereocenters. The maximum Gasteiger partial charge on any atom is 0.306 e. The lowest BCUT2D eigenvalue weighted by Crippen LogP contribution is -2.30. The lowest BCUT2D eigenvalue weighted by atomic mass is 10.0. The number of carbonyl (C=O) groups is 3. The Morgan fingerprint density at radius 3 is 0.971 bits per heavy atom. The molecule has 6 nitrogen and oxygen atoms in total. The number of esters is 3. The highest BCUT2D eigenvalue weighted by Gasteiger charge is 2.19. The Labute approximate surface area is 419 Å². The van der Waals surface area contributed by atoms with Gasteiger partial charge in [-0.25, -0.2) is 0 Å².